The standard InChI is InChI=1S/C20H20F2N4O3/c1-25-9-7-23-19(25)17-4-2-3-8-26(17)20(27)16-11-14(29-24-16)12-28-18-6-5-13(21)10-15(18)22/h5-7,9-11,17H,2-4,8,12H2,1H3. The van der Waals surface area contributed by atoms with Crippen molar-refractivity contribution in [1.29, 1.82) is 0 Å². The van der Waals surface area contributed by atoms with Gasteiger partial charge in [-0.25, -0.2) is 13.8 Å². The van der Waals surface area contributed by atoms with Gasteiger partial charge in [0.1, 0.15) is 18.2 Å². The molecule has 1 aliphatic heterocycles. The SMILES string of the molecule is Cn1ccnc1C1CCCCN1C(=O)c1cc(COc2ccc(F)cc2F)on1. The Hall–Kier alpha value is -3.23. The highest BCUT2D eigenvalue weighted by molar-refractivity contribution is 5.92. The summed E-state index contributed by atoms with van der Waals surface area (Å²) in [5.74, 6) is -0.764. The number of carbonyl (C=O) groups is 1. The number of benzene rings is 1. The number of nitrogens with zero attached hydrogens (tertiary/aromatic N) is 4. The van der Waals surface area contributed by atoms with Gasteiger partial charge in [0.2, 0.25) is 0 Å². The first-order valence-electron chi connectivity index (χ1n) is 9.34. The van der Waals surface area contributed by atoms with E-state index in [0.717, 1.165) is 37.2 Å². The van der Waals surface area contributed by atoms with Gasteiger partial charge in [-0.05, 0) is 31.4 Å². The molecule has 0 radical (unpaired) electrons. The lowest BCUT2D eigenvalue weighted by Gasteiger charge is -2.34. The van der Waals surface area contributed by atoms with Gasteiger partial charge in [-0.1, -0.05) is 5.16 Å². The van der Waals surface area contributed by atoms with Crippen molar-refractivity contribution in [2.24, 2.45) is 7.05 Å². The van der Waals surface area contributed by atoms with Gasteiger partial charge < -0.3 is 18.7 Å². The van der Waals surface area contributed by atoms with Gasteiger partial charge in [-0.2, -0.15) is 0 Å². The number of carbonyl (C=O) groups excluding carboxylic acids is 1. The summed E-state index contributed by atoms with van der Waals surface area (Å²) in [5, 5.41) is 3.85. The normalized spacial score (nSPS) is 16.8. The van der Waals surface area contributed by atoms with Gasteiger partial charge >= 0.3 is 0 Å². The molecule has 9 heteroatoms. The van der Waals surface area contributed by atoms with Crippen molar-refractivity contribution in [3.05, 3.63) is 65.6 Å². The maximum atomic E-state index is 13.7. The molecule has 0 N–H and O–H groups in total. The number of halogens is 2. The maximum Gasteiger partial charge on any atom is 0.276 e. The molecule has 1 aromatic carbocycles. The van der Waals surface area contributed by atoms with E-state index in [4.69, 9.17) is 9.26 Å². The van der Waals surface area contributed by atoms with E-state index in [-0.39, 0.29) is 35.8 Å². The fourth-order valence-electron chi connectivity index (χ4n) is 3.51. The summed E-state index contributed by atoms with van der Waals surface area (Å²) in [6, 6.07) is 4.38. The molecule has 152 valence electrons. The maximum absolute atomic E-state index is 13.7. The molecule has 0 spiro atoms. The van der Waals surface area contributed by atoms with Crippen LogP contribution in [0.1, 0.15) is 47.4 Å². The number of aromatic nitrogens is 3. The number of aryl methyl sites for hydroxylation is 1. The number of likely N-dealkylation sites (tertiary alicyclic amines) is 1. The molecular weight excluding hydrogens is 382 g/mol. The van der Waals surface area contributed by atoms with Gasteiger partial charge in [0.05, 0.1) is 6.04 Å². The molecule has 0 aliphatic carbocycles. The fourth-order valence-corrected chi connectivity index (χ4v) is 3.51. The van der Waals surface area contributed by atoms with Gasteiger partial charge in [0.15, 0.2) is 23.0 Å². The lowest BCUT2D eigenvalue weighted by Crippen LogP contribution is -2.39. The van der Waals surface area contributed by atoms with E-state index < -0.39 is 11.6 Å². The highest BCUT2D eigenvalue weighted by Gasteiger charge is 2.32. The van der Waals surface area contributed by atoms with E-state index in [1.165, 1.54) is 12.1 Å². The minimum atomic E-state index is -0.813. The molecule has 29 heavy (non-hydrogen) atoms. The predicted octanol–water partition coefficient (Wildman–Crippen LogP) is 3.63. The zero-order valence-corrected chi connectivity index (χ0v) is 15.8. The van der Waals surface area contributed by atoms with E-state index in [9.17, 15) is 13.6 Å². The third-order valence-corrected chi connectivity index (χ3v) is 4.96. The summed E-state index contributed by atoms with van der Waals surface area (Å²) >= 11 is 0. The Kier molecular flexibility index (Phi) is 5.28. The van der Waals surface area contributed by atoms with Crippen LogP contribution in [0.5, 0.6) is 5.75 Å². The van der Waals surface area contributed by atoms with Crippen molar-refractivity contribution < 1.29 is 22.8 Å². The minimum absolute atomic E-state index is 0.110. The molecule has 1 atom stereocenters. The summed E-state index contributed by atoms with van der Waals surface area (Å²) in [6.45, 7) is 0.474. The third kappa shape index (κ3) is 3.98. The molecule has 1 amide bonds. The van der Waals surface area contributed by atoms with Gasteiger partial charge in [-0.3, -0.25) is 4.79 Å². The molecular formula is C20H20F2N4O3. The summed E-state index contributed by atoms with van der Waals surface area (Å²) in [7, 11) is 1.90. The topological polar surface area (TPSA) is 73.4 Å². The van der Waals surface area contributed by atoms with Crippen LogP contribution >= 0.6 is 0 Å². The average Bonchev–Trinajstić information content (AvgIpc) is 3.36. The Morgan fingerprint density at radius 3 is 2.93 bits per heavy atom. The number of imidazole rings is 1. The number of hydrogen-bond acceptors (Lipinski definition) is 5. The first kappa shape index (κ1) is 19.1. The lowest BCUT2D eigenvalue weighted by atomic mass is 10.0. The van der Waals surface area contributed by atoms with Crippen molar-refractivity contribution >= 4 is 5.91 Å². The second kappa shape index (κ2) is 8.02. The van der Waals surface area contributed by atoms with Crippen LogP contribution in [0.4, 0.5) is 8.78 Å². The zero-order valence-electron chi connectivity index (χ0n) is 15.8. The number of ether oxygens (including phenoxy) is 1. The second-order valence-electron chi connectivity index (χ2n) is 6.95. The molecule has 3 aromatic rings. The number of rotatable bonds is 5. The molecule has 1 fully saturated rings. The molecule has 7 nitrogen and oxygen atoms in total. The Morgan fingerprint density at radius 1 is 1.31 bits per heavy atom. The van der Waals surface area contributed by atoms with Crippen LogP contribution in [0.15, 0.2) is 41.2 Å². The van der Waals surface area contributed by atoms with E-state index in [0.29, 0.717) is 6.54 Å². The first-order valence-corrected chi connectivity index (χ1v) is 9.34. The zero-order chi connectivity index (χ0) is 20.4. The molecule has 1 unspecified atom stereocenters. The predicted molar refractivity (Wildman–Crippen MR) is 98.0 cm³/mol. The van der Waals surface area contributed by atoms with Gasteiger partial charge in [-0.15, -0.1) is 0 Å². The molecule has 0 saturated carbocycles. The Balaban J connectivity index is 1.46. The minimum Gasteiger partial charge on any atom is -0.482 e. The molecule has 3 heterocycles. The molecule has 2 aromatic heterocycles. The van der Waals surface area contributed by atoms with Crippen LogP contribution in [-0.4, -0.2) is 32.1 Å². The van der Waals surface area contributed by atoms with E-state index in [1.54, 1.807) is 11.1 Å². The first-order chi connectivity index (χ1) is 14.0. The number of amides is 1. The van der Waals surface area contributed by atoms with Crippen molar-refractivity contribution in [2.75, 3.05) is 6.54 Å². The Labute approximate surface area is 165 Å². The fraction of sp³-hybridized carbons (Fsp3) is 0.350. The van der Waals surface area contributed by atoms with Gasteiger partial charge in [0.25, 0.3) is 5.91 Å². The summed E-state index contributed by atoms with van der Waals surface area (Å²) < 4.78 is 39.0. The smallest absolute Gasteiger partial charge is 0.276 e. The van der Waals surface area contributed by atoms with Crippen LogP contribution in [0.3, 0.4) is 0 Å². The van der Waals surface area contributed by atoms with Crippen LogP contribution in [0.25, 0.3) is 0 Å². The van der Waals surface area contributed by atoms with Crippen LogP contribution in [-0.2, 0) is 13.7 Å². The highest BCUT2D eigenvalue weighted by Crippen LogP contribution is 2.31. The highest BCUT2D eigenvalue weighted by atomic mass is 19.1. The molecule has 1 aliphatic rings. The van der Waals surface area contributed by atoms with Crippen LogP contribution in [0, 0.1) is 11.6 Å². The molecule has 0 bridgehead atoms. The number of hydrogen-bond donors (Lipinski definition) is 0. The summed E-state index contributed by atoms with van der Waals surface area (Å²) in [5.41, 5.74) is 0.157. The number of piperidine rings is 1. The lowest BCUT2D eigenvalue weighted by molar-refractivity contribution is 0.0585. The average molecular weight is 402 g/mol. The monoisotopic (exact) mass is 402 g/mol. The Bertz CT molecular complexity index is 1020. The van der Waals surface area contributed by atoms with E-state index >= 15 is 0 Å². The summed E-state index contributed by atoms with van der Waals surface area (Å²) in [6.07, 6.45) is 6.32. The van der Waals surface area contributed by atoms with Crippen molar-refractivity contribution in [3.8, 4) is 5.75 Å². The van der Waals surface area contributed by atoms with Crippen molar-refractivity contribution in [3.63, 3.8) is 0 Å². The second-order valence-corrected chi connectivity index (χ2v) is 6.95. The summed E-state index contributed by atoms with van der Waals surface area (Å²) in [4.78, 5) is 19.2. The Morgan fingerprint density at radius 2 is 2.17 bits per heavy atom. The van der Waals surface area contributed by atoms with Crippen LogP contribution in [0.2, 0.25) is 0 Å². The van der Waals surface area contributed by atoms with E-state index in [1.807, 2.05) is 17.8 Å². The molecule has 1 saturated heterocycles. The van der Waals surface area contributed by atoms with Crippen molar-refractivity contribution in [1.82, 2.24) is 19.6 Å². The van der Waals surface area contributed by atoms with Crippen LogP contribution < -0.4 is 4.74 Å². The van der Waals surface area contributed by atoms with Gasteiger partial charge in [0, 0.05) is 38.1 Å². The largest absolute Gasteiger partial charge is 0.482 e. The van der Waals surface area contributed by atoms with Crippen molar-refractivity contribution in [2.45, 2.75) is 31.9 Å². The quantitative estimate of drug-likeness (QED) is 0.652. The van der Waals surface area contributed by atoms with E-state index in [2.05, 4.69) is 10.1 Å². The third-order valence-electron chi connectivity index (χ3n) is 4.96. The molecule has 4 rings (SSSR count).